The second kappa shape index (κ2) is 30.6. The molecule has 0 spiro atoms. The molecule has 2 aromatic carbocycles. The fourth-order valence-corrected chi connectivity index (χ4v) is 6.86. The van der Waals surface area contributed by atoms with Gasteiger partial charge < -0.3 is 0 Å². The third-order valence-corrected chi connectivity index (χ3v) is 10.2. The Hall–Kier alpha value is -2.22. The minimum atomic E-state index is 1.01. The molecule has 0 heterocycles. The van der Waals surface area contributed by atoms with Gasteiger partial charge in [-0.15, -0.1) is 0 Å². The van der Waals surface area contributed by atoms with Crippen LogP contribution in [-0.2, 0) is 12.8 Å². The van der Waals surface area contributed by atoms with Gasteiger partial charge in [0.15, 0.2) is 0 Å². The van der Waals surface area contributed by atoms with E-state index in [9.17, 15) is 0 Å². The lowest BCUT2D eigenvalue weighted by atomic mass is 10.0. The van der Waals surface area contributed by atoms with Crippen molar-refractivity contribution in [2.24, 2.45) is 9.98 Å². The van der Waals surface area contributed by atoms with Crippen LogP contribution in [0.1, 0.15) is 212 Å². The standard InChI is InChI=1S/C47H78N2/c1-5-9-13-16-19-21-23-27-30-42-34-38-44(39-35-42)48-46(32-26-12-8-4)47(33-29-25-18-15-11-7-3)49-45-40-36-43(37-41-45)31-28-24-22-20-17-14-10-6-2/h34-41H,5-33H2,1-4H3. The molecule has 0 amide bonds. The zero-order chi connectivity index (χ0) is 35.0. The Bertz CT molecular complexity index is 1080. The van der Waals surface area contributed by atoms with Gasteiger partial charge >= 0.3 is 0 Å². The summed E-state index contributed by atoms with van der Waals surface area (Å²) in [6.45, 7) is 9.19. The van der Waals surface area contributed by atoms with Crippen LogP contribution in [0.25, 0.3) is 0 Å². The van der Waals surface area contributed by atoms with E-state index in [1.807, 2.05) is 0 Å². The fourth-order valence-electron chi connectivity index (χ4n) is 6.86. The van der Waals surface area contributed by atoms with Crippen molar-refractivity contribution < 1.29 is 0 Å². The molecule has 0 saturated heterocycles. The van der Waals surface area contributed by atoms with E-state index in [4.69, 9.17) is 9.98 Å². The maximum Gasteiger partial charge on any atom is 0.0633 e. The highest BCUT2D eigenvalue weighted by atomic mass is 14.8. The van der Waals surface area contributed by atoms with E-state index in [1.165, 1.54) is 196 Å². The van der Waals surface area contributed by atoms with Gasteiger partial charge in [0.2, 0.25) is 0 Å². The van der Waals surface area contributed by atoms with Crippen LogP contribution in [0.3, 0.4) is 0 Å². The Kier molecular flexibility index (Phi) is 26.8. The summed E-state index contributed by atoms with van der Waals surface area (Å²) in [6, 6.07) is 18.3. The van der Waals surface area contributed by atoms with Gasteiger partial charge in [-0.25, -0.2) is 0 Å². The predicted molar refractivity (Wildman–Crippen MR) is 222 cm³/mol. The highest BCUT2D eigenvalue weighted by Crippen LogP contribution is 2.22. The molecule has 0 aliphatic heterocycles. The number of unbranched alkanes of at least 4 members (excludes halogenated alkanes) is 21. The summed E-state index contributed by atoms with van der Waals surface area (Å²) in [5.74, 6) is 0. The Morgan fingerprint density at radius 1 is 0.327 bits per heavy atom. The molecule has 0 fully saturated rings. The number of hydrogen-bond donors (Lipinski definition) is 0. The van der Waals surface area contributed by atoms with Gasteiger partial charge in [-0.1, -0.05) is 187 Å². The molecule has 2 nitrogen and oxygen atoms in total. The van der Waals surface area contributed by atoms with E-state index >= 15 is 0 Å². The Morgan fingerprint density at radius 3 is 0.939 bits per heavy atom. The highest BCUT2D eigenvalue weighted by Gasteiger charge is 2.11. The molecule has 0 bridgehead atoms. The number of nitrogens with zero attached hydrogens (tertiary/aromatic N) is 2. The van der Waals surface area contributed by atoms with Crippen molar-refractivity contribution in [3.8, 4) is 0 Å². The monoisotopic (exact) mass is 671 g/mol. The normalized spacial score (nSPS) is 12.2. The first-order valence-electron chi connectivity index (χ1n) is 21.5. The van der Waals surface area contributed by atoms with Crippen LogP contribution in [-0.4, -0.2) is 11.4 Å². The van der Waals surface area contributed by atoms with Crippen molar-refractivity contribution >= 4 is 22.8 Å². The van der Waals surface area contributed by atoms with E-state index in [1.54, 1.807) is 0 Å². The number of aryl methyl sites for hydroxylation is 2. The lowest BCUT2D eigenvalue weighted by molar-refractivity contribution is 0.575. The highest BCUT2D eigenvalue weighted by molar-refractivity contribution is 6.43. The molecule has 0 radical (unpaired) electrons. The van der Waals surface area contributed by atoms with E-state index in [-0.39, 0.29) is 0 Å². The van der Waals surface area contributed by atoms with Crippen molar-refractivity contribution in [3.05, 3.63) is 59.7 Å². The van der Waals surface area contributed by atoms with Gasteiger partial charge in [0, 0.05) is 0 Å². The van der Waals surface area contributed by atoms with Crippen molar-refractivity contribution in [1.82, 2.24) is 0 Å². The van der Waals surface area contributed by atoms with Gasteiger partial charge in [-0.05, 0) is 86.8 Å². The molecule has 0 aliphatic carbocycles. The maximum absolute atomic E-state index is 5.34. The molecule has 0 aromatic heterocycles. The second-order valence-corrected chi connectivity index (χ2v) is 14.9. The summed E-state index contributed by atoms with van der Waals surface area (Å²) < 4.78 is 0. The molecule has 2 rings (SSSR count). The summed E-state index contributed by atoms with van der Waals surface area (Å²) in [6.07, 6.45) is 37.9. The Morgan fingerprint density at radius 2 is 0.592 bits per heavy atom. The lowest BCUT2D eigenvalue weighted by Crippen LogP contribution is -2.14. The smallest absolute Gasteiger partial charge is 0.0633 e. The zero-order valence-corrected chi connectivity index (χ0v) is 33.0. The van der Waals surface area contributed by atoms with E-state index < -0.39 is 0 Å². The minimum absolute atomic E-state index is 1.01. The molecule has 0 N–H and O–H groups in total. The quantitative estimate of drug-likeness (QED) is 0.0547. The van der Waals surface area contributed by atoms with Crippen molar-refractivity contribution in [2.45, 2.75) is 214 Å². The van der Waals surface area contributed by atoms with Crippen LogP contribution in [0.5, 0.6) is 0 Å². The molecule has 0 atom stereocenters. The summed E-state index contributed by atoms with van der Waals surface area (Å²) in [4.78, 5) is 10.7. The average Bonchev–Trinajstić information content (AvgIpc) is 3.12. The van der Waals surface area contributed by atoms with Crippen LogP contribution in [0.15, 0.2) is 58.5 Å². The van der Waals surface area contributed by atoms with E-state index in [0.29, 0.717) is 0 Å². The third kappa shape index (κ3) is 22.3. The lowest BCUT2D eigenvalue weighted by Gasteiger charge is -2.12. The van der Waals surface area contributed by atoms with Crippen molar-refractivity contribution in [2.75, 3.05) is 0 Å². The van der Waals surface area contributed by atoms with Crippen molar-refractivity contribution in [3.63, 3.8) is 0 Å². The van der Waals surface area contributed by atoms with Crippen LogP contribution in [0.4, 0.5) is 11.4 Å². The number of benzene rings is 2. The van der Waals surface area contributed by atoms with Gasteiger partial charge in [-0.2, -0.15) is 0 Å². The fraction of sp³-hybridized carbons (Fsp3) is 0.702. The zero-order valence-electron chi connectivity index (χ0n) is 33.0. The largest absolute Gasteiger partial charge is 0.252 e. The molecular formula is C47H78N2. The Labute approximate surface area is 305 Å². The first-order chi connectivity index (χ1) is 24.2. The third-order valence-electron chi connectivity index (χ3n) is 10.2. The topological polar surface area (TPSA) is 24.7 Å². The summed E-state index contributed by atoms with van der Waals surface area (Å²) in [5, 5.41) is 0. The van der Waals surface area contributed by atoms with Crippen molar-refractivity contribution in [1.29, 1.82) is 0 Å². The van der Waals surface area contributed by atoms with Crippen LogP contribution in [0.2, 0.25) is 0 Å². The van der Waals surface area contributed by atoms with Gasteiger partial charge in [0.05, 0.1) is 22.8 Å². The van der Waals surface area contributed by atoms with Gasteiger partial charge in [0.1, 0.15) is 0 Å². The molecular weight excluding hydrogens is 593 g/mol. The van der Waals surface area contributed by atoms with E-state index in [0.717, 1.165) is 24.2 Å². The summed E-state index contributed by atoms with van der Waals surface area (Å²) in [7, 11) is 0. The maximum atomic E-state index is 5.34. The number of aliphatic imine (C=N–C) groups is 2. The van der Waals surface area contributed by atoms with Crippen LogP contribution >= 0.6 is 0 Å². The molecule has 49 heavy (non-hydrogen) atoms. The number of hydrogen-bond acceptors (Lipinski definition) is 2. The first-order valence-corrected chi connectivity index (χ1v) is 21.5. The first kappa shape index (κ1) is 42.9. The van der Waals surface area contributed by atoms with Gasteiger partial charge in [0.25, 0.3) is 0 Å². The summed E-state index contributed by atoms with van der Waals surface area (Å²) in [5.41, 5.74) is 7.50. The van der Waals surface area contributed by atoms with Gasteiger partial charge in [-0.3, -0.25) is 9.98 Å². The molecule has 276 valence electrons. The number of rotatable bonds is 32. The molecule has 0 saturated carbocycles. The minimum Gasteiger partial charge on any atom is -0.252 e. The SMILES string of the molecule is CCCCCCCCCCc1ccc(N=C(CCCCC)C(CCCCCCCC)=Nc2ccc(CCCCCCCCCC)cc2)cc1. The predicted octanol–water partition coefficient (Wildman–Crippen LogP) is 16.2. The average molecular weight is 671 g/mol. The second-order valence-electron chi connectivity index (χ2n) is 14.9. The molecule has 0 unspecified atom stereocenters. The Balaban J connectivity index is 2.08. The molecule has 2 aromatic rings. The van der Waals surface area contributed by atoms with Crippen LogP contribution < -0.4 is 0 Å². The molecule has 2 heteroatoms. The van der Waals surface area contributed by atoms with Crippen LogP contribution in [0, 0.1) is 0 Å². The van der Waals surface area contributed by atoms with E-state index in [2.05, 4.69) is 76.2 Å². The summed E-state index contributed by atoms with van der Waals surface area (Å²) >= 11 is 0. The molecule has 0 aliphatic rings.